The SMILES string of the molecule is CCNC(=NCCC(C)C)NCCc1ccc(OC)c(OC)c1.I. The average Bonchev–Trinajstić information content (AvgIpc) is 2.54. The Morgan fingerprint density at radius 1 is 1.12 bits per heavy atom. The number of hydrogen-bond donors (Lipinski definition) is 2. The molecule has 5 nitrogen and oxygen atoms in total. The van der Waals surface area contributed by atoms with Crippen LogP contribution < -0.4 is 20.1 Å². The van der Waals surface area contributed by atoms with Crippen molar-refractivity contribution < 1.29 is 9.47 Å². The minimum absolute atomic E-state index is 0. The van der Waals surface area contributed by atoms with Crippen LogP contribution in [0, 0.1) is 5.92 Å². The van der Waals surface area contributed by atoms with Crippen LogP contribution in [0.2, 0.25) is 0 Å². The first-order chi connectivity index (χ1) is 11.1. The summed E-state index contributed by atoms with van der Waals surface area (Å²) in [6.07, 6.45) is 2.00. The van der Waals surface area contributed by atoms with Gasteiger partial charge in [0.1, 0.15) is 0 Å². The molecule has 0 aromatic heterocycles. The summed E-state index contributed by atoms with van der Waals surface area (Å²) in [4.78, 5) is 4.60. The van der Waals surface area contributed by atoms with Crippen molar-refractivity contribution in [3.63, 3.8) is 0 Å². The Bertz CT molecular complexity index is 493. The van der Waals surface area contributed by atoms with Gasteiger partial charge in [-0.3, -0.25) is 4.99 Å². The zero-order valence-corrected chi connectivity index (χ0v) is 17.8. The summed E-state index contributed by atoms with van der Waals surface area (Å²) >= 11 is 0. The summed E-state index contributed by atoms with van der Waals surface area (Å²) in [5.41, 5.74) is 1.20. The summed E-state index contributed by atoms with van der Waals surface area (Å²) in [7, 11) is 3.31. The highest BCUT2D eigenvalue weighted by Gasteiger charge is 2.05. The molecule has 1 rings (SSSR count). The van der Waals surface area contributed by atoms with Crippen LogP contribution in [-0.4, -0.2) is 39.8 Å². The Morgan fingerprint density at radius 2 is 1.83 bits per heavy atom. The van der Waals surface area contributed by atoms with E-state index < -0.39 is 0 Å². The van der Waals surface area contributed by atoms with Crippen LogP contribution in [0.5, 0.6) is 11.5 Å². The third-order valence-corrected chi connectivity index (χ3v) is 3.47. The smallest absolute Gasteiger partial charge is 0.191 e. The van der Waals surface area contributed by atoms with Crippen molar-refractivity contribution in [1.82, 2.24) is 10.6 Å². The number of hydrogen-bond acceptors (Lipinski definition) is 3. The monoisotopic (exact) mass is 449 g/mol. The summed E-state index contributed by atoms with van der Waals surface area (Å²) in [5.74, 6) is 3.08. The quantitative estimate of drug-likeness (QED) is 0.345. The molecule has 0 aliphatic heterocycles. The summed E-state index contributed by atoms with van der Waals surface area (Å²) in [5, 5.41) is 6.65. The van der Waals surface area contributed by atoms with E-state index in [9.17, 15) is 0 Å². The molecule has 0 aliphatic rings. The maximum Gasteiger partial charge on any atom is 0.191 e. The van der Waals surface area contributed by atoms with E-state index in [-0.39, 0.29) is 24.0 Å². The van der Waals surface area contributed by atoms with Gasteiger partial charge in [-0.1, -0.05) is 19.9 Å². The lowest BCUT2D eigenvalue weighted by Gasteiger charge is -2.13. The average molecular weight is 449 g/mol. The van der Waals surface area contributed by atoms with E-state index in [1.807, 2.05) is 12.1 Å². The Hall–Kier alpha value is -1.18. The Morgan fingerprint density at radius 3 is 2.42 bits per heavy atom. The molecule has 24 heavy (non-hydrogen) atoms. The molecule has 2 N–H and O–H groups in total. The standard InChI is InChI=1S/C18H31N3O2.HI/c1-6-19-18(20-11-9-14(2)3)21-12-10-15-7-8-16(22-4)17(13-15)23-5;/h7-8,13-14H,6,9-12H2,1-5H3,(H2,19,20,21);1H. The zero-order valence-electron chi connectivity index (χ0n) is 15.5. The number of nitrogens with one attached hydrogen (secondary N) is 2. The maximum atomic E-state index is 5.34. The zero-order chi connectivity index (χ0) is 17.1. The molecule has 138 valence electrons. The van der Waals surface area contributed by atoms with Gasteiger partial charge >= 0.3 is 0 Å². The van der Waals surface area contributed by atoms with E-state index in [1.165, 1.54) is 5.56 Å². The van der Waals surface area contributed by atoms with Gasteiger partial charge < -0.3 is 20.1 Å². The van der Waals surface area contributed by atoms with E-state index >= 15 is 0 Å². The molecule has 6 heteroatoms. The number of methoxy groups -OCH3 is 2. The molecule has 0 aliphatic carbocycles. The fraction of sp³-hybridized carbons (Fsp3) is 0.611. The van der Waals surface area contributed by atoms with Gasteiger partial charge in [0.15, 0.2) is 17.5 Å². The molecule has 0 heterocycles. The molecule has 0 fully saturated rings. The van der Waals surface area contributed by atoms with Crippen LogP contribution in [-0.2, 0) is 6.42 Å². The normalized spacial score (nSPS) is 11.0. The second-order valence-corrected chi connectivity index (χ2v) is 5.81. The Labute approximate surface area is 163 Å². The van der Waals surface area contributed by atoms with Gasteiger partial charge in [0, 0.05) is 19.6 Å². The van der Waals surface area contributed by atoms with Crippen LogP contribution in [0.4, 0.5) is 0 Å². The topological polar surface area (TPSA) is 54.9 Å². The predicted molar refractivity (Wildman–Crippen MR) is 112 cm³/mol. The third-order valence-electron chi connectivity index (χ3n) is 3.47. The fourth-order valence-electron chi connectivity index (χ4n) is 2.14. The van der Waals surface area contributed by atoms with Gasteiger partial charge in [-0.2, -0.15) is 0 Å². The molecule has 0 saturated carbocycles. The van der Waals surface area contributed by atoms with Crippen molar-refractivity contribution in [2.75, 3.05) is 33.9 Å². The van der Waals surface area contributed by atoms with Crippen LogP contribution in [0.1, 0.15) is 32.8 Å². The first-order valence-corrected chi connectivity index (χ1v) is 8.33. The maximum absolute atomic E-state index is 5.34. The number of guanidine groups is 1. The first kappa shape index (κ1) is 22.8. The van der Waals surface area contributed by atoms with Crippen molar-refractivity contribution in [2.45, 2.75) is 33.6 Å². The summed E-state index contributed by atoms with van der Waals surface area (Å²) in [6.45, 7) is 9.05. The highest BCUT2D eigenvalue weighted by Crippen LogP contribution is 2.27. The predicted octanol–water partition coefficient (Wildman–Crippen LogP) is 3.47. The third kappa shape index (κ3) is 8.61. The van der Waals surface area contributed by atoms with E-state index in [2.05, 4.69) is 42.5 Å². The molecular formula is C18H32IN3O2. The van der Waals surface area contributed by atoms with E-state index in [4.69, 9.17) is 9.47 Å². The Balaban J connectivity index is 0.00000529. The number of ether oxygens (including phenoxy) is 2. The minimum Gasteiger partial charge on any atom is -0.493 e. The number of aliphatic imine (C=N–C) groups is 1. The van der Waals surface area contributed by atoms with Gasteiger partial charge in [-0.25, -0.2) is 0 Å². The summed E-state index contributed by atoms with van der Waals surface area (Å²) in [6, 6.07) is 6.02. The molecule has 1 aromatic carbocycles. The lowest BCUT2D eigenvalue weighted by Crippen LogP contribution is -2.38. The fourth-order valence-corrected chi connectivity index (χ4v) is 2.14. The first-order valence-electron chi connectivity index (χ1n) is 8.33. The summed E-state index contributed by atoms with van der Waals surface area (Å²) < 4.78 is 10.6. The highest BCUT2D eigenvalue weighted by atomic mass is 127. The molecule has 0 amide bonds. The molecular weight excluding hydrogens is 417 g/mol. The van der Waals surface area contributed by atoms with Crippen molar-refractivity contribution in [3.8, 4) is 11.5 Å². The molecule has 0 spiro atoms. The molecule has 0 radical (unpaired) electrons. The number of benzene rings is 1. The van der Waals surface area contributed by atoms with E-state index in [0.717, 1.165) is 49.9 Å². The molecule has 0 atom stereocenters. The van der Waals surface area contributed by atoms with Gasteiger partial charge in [0.05, 0.1) is 14.2 Å². The minimum atomic E-state index is 0. The molecule has 0 unspecified atom stereocenters. The largest absolute Gasteiger partial charge is 0.493 e. The highest BCUT2D eigenvalue weighted by molar-refractivity contribution is 14.0. The number of halogens is 1. The van der Waals surface area contributed by atoms with Crippen LogP contribution >= 0.6 is 24.0 Å². The van der Waals surface area contributed by atoms with E-state index in [0.29, 0.717) is 5.92 Å². The molecule has 0 bridgehead atoms. The molecule has 1 aromatic rings. The van der Waals surface area contributed by atoms with Crippen molar-refractivity contribution in [2.24, 2.45) is 10.9 Å². The van der Waals surface area contributed by atoms with Crippen molar-refractivity contribution in [3.05, 3.63) is 23.8 Å². The van der Waals surface area contributed by atoms with E-state index in [1.54, 1.807) is 14.2 Å². The lowest BCUT2D eigenvalue weighted by atomic mass is 10.1. The van der Waals surface area contributed by atoms with Crippen LogP contribution in [0.3, 0.4) is 0 Å². The van der Waals surface area contributed by atoms with Gasteiger partial charge in [0.25, 0.3) is 0 Å². The van der Waals surface area contributed by atoms with Crippen LogP contribution in [0.15, 0.2) is 23.2 Å². The second-order valence-electron chi connectivity index (χ2n) is 5.81. The Kier molecular flexibility index (Phi) is 12.5. The van der Waals surface area contributed by atoms with Crippen molar-refractivity contribution in [1.29, 1.82) is 0 Å². The van der Waals surface area contributed by atoms with Crippen molar-refractivity contribution >= 4 is 29.9 Å². The number of rotatable bonds is 9. The van der Waals surface area contributed by atoms with Gasteiger partial charge in [-0.15, -0.1) is 24.0 Å². The van der Waals surface area contributed by atoms with Crippen LogP contribution in [0.25, 0.3) is 0 Å². The second kappa shape index (κ2) is 13.1. The van der Waals surface area contributed by atoms with Gasteiger partial charge in [0.2, 0.25) is 0 Å². The molecule has 0 saturated heterocycles. The van der Waals surface area contributed by atoms with Gasteiger partial charge in [-0.05, 0) is 43.4 Å². The number of nitrogens with zero attached hydrogens (tertiary/aromatic N) is 1. The lowest BCUT2D eigenvalue weighted by molar-refractivity contribution is 0.354.